The molecule has 4 rings (SSSR count). The van der Waals surface area contributed by atoms with E-state index in [4.69, 9.17) is 9.15 Å². The summed E-state index contributed by atoms with van der Waals surface area (Å²) >= 11 is 0. The number of carbonyl (C=O) groups is 1. The van der Waals surface area contributed by atoms with Gasteiger partial charge in [0.1, 0.15) is 11.3 Å². The molecule has 0 saturated carbocycles. The van der Waals surface area contributed by atoms with Gasteiger partial charge in [-0.1, -0.05) is 50.2 Å². The molecule has 0 aliphatic rings. The minimum atomic E-state index is 0.0494. The van der Waals surface area contributed by atoms with Crippen molar-refractivity contribution in [3.63, 3.8) is 0 Å². The van der Waals surface area contributed by atoms with Crippen LogP contribution in [0.1, 0.15) is 51.7 Å². The summed E-state index contributed by atoms with van der Waals surface area (Å²) in [6.07, 6.45) is 5.47. The molecule has 182 valence electrons. The third kappa shape index (κ3) is 4.97. The number of allylic oxidation sites excluding steroid dienone is 1. The summed E-state index contributed by atoms with van der Waals surface area (Å²) < 4.78 is 12.2. The zero-order valence-corrected chi connectivity index (χ0v) is 21.5. The summed E-state index contributed by atoms with van der Waals surface area (Å²) in [5.41, 5.74) is 5.74. The van der Waals surface area contributed by atoms with Crippen LogP contribution < -0.4 is 4.74 Å². The average Bonchev–Trinajstić information content (AvgIpc) is 3.29. The van der Waals surface area contributed by atoms with E-state index in [0.29, 0.717) is 6.61 Å². The monoisotopic (exact) mass is 469 g/mol. The molecule has 35 heavy (non-hydrogen) atoms. The third-order valence-electron chi connectivity index (χ3n) is 6.46. The fraction of sp³-hybridized carbons (Fsp3) is 0.323. The molecule has 0 N–H and O–H groups in total. The molecule has 0 saturated heterocycles. The topological polar surface area (TPSA) is 42.7 Å². The van der Waals surface area contributed by atoms with Crippen LogP contribution >= 0.6 is 0 Å². The molecule has 0 spiro atoms. The molecular weight excluding hydrogens is 434 g/mol. The lowest BCUT2D eigenvalue weighted by Crippen LogP contribution is -2.31. The quantitative estimate of drug-likeness (QED) is 0.233. The fourth-order valence-electron chi connectivity index (χ4n) is 4.75. The van der Waals surface area contributed by atoms with Crippen molar-refractivity contribution in [2.24, 2.45) is 0 Å². The summed E-state index contributed by atoms with van der Waals surface area (Å²) in [5, 5.41) is 3.42. The van der Waals surface area contributed by atoms with Gasteiger partial charge >= 0.3 is 0 Å². The summed E-state index contributed by atoms with van der Waals surface area (Å²) in [7, 11) is 0. The lowest BCUT2D eigenvalue weighted by atomic mass is 9.95. The van der Waals surface area contributed by atoms with Gasteiger partial charge in [-0.05, 0) is 67.7 Å². The second-order valence-electron chi connectivity index (χ2n) is 9.05. The Kier molecular flexibility index (Phi) is 7.60. The molecule has 0 atom stereocenters. The van der Waals surface area contributed by atoms with E-state index in [-0.39, 0.29) is 5.91 Å². The molecule has 3 aromatic carbocycles. The molecule has 1 aromatic heterocycles. The molecule has 4 aromatic rings. The van der Waals surface area contributed by atoms with Gasteiger partial charge in [0.05, 0.1) is 12.9 Å². The molecule has 4 heteroatoms. The highest BCUT2D eigenvalue weighted by molar-refractivity contribution is 6.02. The smallest absolute Gasteiger partial charge is 0.246 e. The zero-order valence-electron chi connectivity index (χ0n) is 21.5. The Labute approximate surface area is 208 Å². The van der Waals surface area contributed by atoms with Crippen molar-refractivity contribution in [1.29, 1.82) is 0 Å². The van der Waals surface area contributed by atoms with Crippen LogP contribution in [0.15, 0.2) is 65.3 Å². The highest BCUT2D eigenvalue weighted by Gasteiger charge is 2.20. The van der Waals surface area contributed by atoms with Crippen molar-refractivity contribution in [1.82, 2.24) is 4.90 Å². The van der Waals surface area contributed by atoms with Crippen molar-refractivity contribution in [2.45, 2.75) is 47.5 Å². The number of benzene rings is 3. The number of nitrogens with zero attached hydrogens (tertiary/aromatic N) is 1. The van der Waals surface area contributed by atoms with E-state index < -0.39 is 0 Å². The maximum absolute atomic E-state index is 13.1. The van der Waals surface area contributed by atoms with Gasteiger partial charge in [0.25, 0.3) is 0 Å². The number of hydrogen-bond donors (Lipinski definition) is 0. The van der Waals surface area contributed by atoms with Gasteiger partial charge in [-0.15, -0.1) is 0 Å². The summed E-state index contributed by atoms with van der Waals surface area (Å²) in [4.78, 5) is 15.0. The van der Waals surface area contributed by atoms with E-state index in [1.165, 1.54) is 10.8 Å². The molecule has 0 radical (unpaired) electrons. The Bertz CT molecular complexity index is 1370. The Morgan fingerprint density at radius 3 is 2.40 bits per heavy atom. The summed E-state index contributed by atoms with van der Waals surface area (Å²) in [6, 6.07) is 17.0. The van der Waals surface area contributed by atoms with Gasteiger partial charge in [-0.25, -0.2) is 0 Å². The first-order valence-corrected chi connectivity index (χ1v) is 12.6. The molecular formula is C31H35NO3. The summed E-state index contributed by atoms with van der Waals surface area (Å²) in [6.45, 7) is 12.3. The number of furan rings is 1. The van der Waals surface area contributed by atoms with Gasteiger partial charge in [-0.3, -0.25) is 4.79 Å². The van der Waals surface area contributed by atoms with Crippen LogP contribution in [0.25, 0.3) is 38.4 Å². The van der Waals surface area contributed by atoms with E-state index in [0.717, 1.165) is 70.5 Å². The van der Waals surface area contributed by atoms with Gasteiger partial charge in [0.2, 0.25) is 5.91 Å². The van der Waals surface area contributed by atoms with Crippen LogP contribution in [0, 0.1) is 6.92 Å². The summed E-state index contributed by atoms with van der Waals surface area (Å²) in [5.74, 6) is 0.826. The van der Waals surface area contributed by atoms with Crippen molar-refractivity contribution in [2.75, 3.05) is 19.7 Å². The SMILES string of the molecule is CCCN(CCC)C(=O)/C=C(\C)c1cc2c(-c3ccc4ccccc4c3)coc2c(C)c1OCC. The van der Waals surface area contributed by atoms with Crippen LogP contribution in [0.5, 0.6) is 5.75 Å². The molecule has 4 nitrogen and oxygen atoms in total. The number of rotatable bonds is 9. The molecule has 1 heterocycles. The van der Waals surface area contributed by atoms with Gasteiger partial charge in [-0.2, -0.15) is 0 Å². The first-order chi connectivity index (χ1) is 17.0. The predicted molar refractivity (Wildman–Crippen MR) is 146 cm³/mol. The first-order valence-electron chi connectivity index (χ1n) is 12.6. The number of fused-ring (bicyclic) bond motifs is 2. The molecule has 1 amide bonds. The van der Waals surface area contributed by atoms with Gasteiger partial charge in [0.15, 0.2) is 0 Å². The van der Waals surface area contributed by atoms with Crippen LogP contribution in [0.3, 0.4) is 0 Å². The molecule has 0 unspecified atom stereocenters. The lowest BCUT2D eigenvalue weighted by Gasteiger charge is -2.20. The van der Waals surface area contributed by atoms with Crippen molar-refractivity contribution in [3.05, 3.63) is 72.0 Å². The maximum Gasteiger partial charge on any atom is 0.246 e. The van der Waals surface area contributed by atoms with E-state index in [1.54, 1.807) is 6.08 Å². The second kappa shape index (κ2) is 10.8. The number of carbonyl (C=O) groups excluding carboxylic acids is 1. The lowest BCUT2D eigenvalue weighted by molar-refractivity contribution is -0.126. The second-order valence-corrected chi connectivity index (χ2v) is 9.05. The Morgan fingerprint density at radius 1 is 1.00 bits per heavy atom. The van der Waals surface area contributed by atoms with E-state index in [9.17, 15) is 4.79 Å². The first kappa shape index (κ1) is 24.6. The molecule has 0 bridgehead atoms. The minimum Gasteiger partial charge on any atom is -0.493 e. The van der Waals surface area contributed by atoms with E-state index >= 15 is 0 Å². The van der Waals surface area contributed by atoms with E-state index in [2.05, 4.69) is 62.4 Å². The molecule has 0 fully saturated rings. The van der Waals surface area contributed by atoms with Crippen LogP contribution in [0.4, 0.5) is 0 Å². The third-order valence-corrected chi connectivity index (χ3v) is 6.46. The Hall–Kier alpha value is -3.53. The average molecular weight is 470 g/mol. The Morgan fingerprint density at radius 2 is 1.71 bits per heavy atom. The molecule has 0 aliphatic heterocycles. The normalized spacial score (nSPS) is 11.9. The number of aryl methyl sites for hydroxylation is 1. The van der Waals surface area contributed by atoms with Crippen molar-refractivity contribution >= 4 is 33.2 Å². The number of amides is 1. The van der Waals surface area contributed by atoms with Crippen molar-refractivity contribution in [3.8, 4) is 16.9 Å². The highest BCUT2D eigenvalue weighted by atomic mass is 16.5. The Balaban J connectivity index is 1.84. The van der Waals surface area contributed by atoms with E-state index in [1.807, 2.05) is 31.9 Å². The number of hydrogen-bond acceptors (Lipinski definition) is 3. The standard InChI is InChI=1S/C31H35NO3/c1-6-15-32(16-7-2)29(33)17-21(4)26-19-27-28(20-35-31(27)22(5)30(26)34-8-3)25-14-13-23-11-9-10-12-24(23)18-25/h9-14,17-20H,6-8,15-16H2,1-5H3/b21-17+. The van der Waals surface area contributed by atoms with Crippen LogP contribution in [0.2, 0.25) is 0 Å². The fourth-order valence-corrected chi connectivity index (χ4v) is 4.75. The van der Waals surface area contributed by atoms with Crippen molar-refractivity contribution < 1.29 is 13.9 Å². The maximum atomic E-state index is 13.1. The minimum absolute atomic E-state index is 0.0494. The highest BCUT2D eigenvalue weighted by Crippen LogP contribution is 2.41. The predicted octanol–water partition coefficient (Wildman–Crippen LogP) is 8.01. The van der Waals surface area contributed by atoms with Gasteiger partial charge < -0.3 is 14.1 Å². The number of ether oxygens (including phenoxy) is 1. The largest absolute Gasteiger partial charge is 0.493 e. The van der Waals surface area contributed by atoms with Crippen LogP contribution in [-0.2, 0) is 4.79 Å². The molecule has 0 aliphatic carbocycles. The van der Waals surface area contributed by atoms with Gasteiger partial charge in [0, 0.05) is 41.2 Å². The zero-order chi connectivity index (χ0) is 24.9. The van der Waals surface area contributed by atoms with Crippen LogP contribution in [-0.4, -0.2) is 30.5 Å².